The van der Waals surface area contributed by atoms with Crippen molar-refractivity contribution in [2.75, 3.05) is 7.11 Å². The standard InChI is InChI=1S/C6H8BrNO2/c1-9-4-6-8-3-5(2-7)10-6/h3H,2,4H2,1H3. The van der Waals surface area contributed by atoms with E-state index in [2.05, 4.69) is 20.9 Å². The zero-order chi connectivity index (χ0) is 7.40. The quantitative estimate of drug-likeness (QED) is 0.706. The summed E-state index contributed by atoms with van der Waals surface area (Å²) in [5.41, 5.74) is 0. The Kier molecular flexibility index (Phi) is 2.89. The summed E-state index contributed by atoms with van der Waals surface area (Å²) in [5, 5.41) is 0.698. The van der Waals surface area contributed by atoms with E-state index in [4.69, 9.17) is 9.15 Å². The van der Waals surface area contributed by atoms with Gasteiger partial charge in [-0.25, -0.2) is 4.98 Å². The molecule has 0 saturated heterocycles. The third-order valence-corrected chi connectivity index (χ3v) is 1.55. The second kappa shape index (κ2) is 3.73. The number of hydrogen-bond acceptors (Lipinski definition) is 3. The van der Waals surface area contributed by atoms with E-state index in [-0.39, 0.29) is 0 Å². The van der Waals surface area contributed by atoms with Crippen molar-refractivity contribution in [1.29, 1.82) is 0 Å². The number of hydrogen-bond donors (Lipinski definition) is 0. The highest BCUT2D eigenvalue weighted by atomic mass is 79.9. The first-order valence-corrected chi connectivity index (χ1v) is 3.97. The summed E-state index contributed by atoms with van der Waals surface area (Å²) in [6.07, 6.45) is 1.68. The summed E-state index contributed by atoms with van der Waals surface area (Å²) in [4.78, 5) is 3.96. The van der Waals surface area contributed by atoms with Crippen LogP contribution in [0.5, 0.6) is 0 Å². The number of ether oxygens (including phenoxy) is 1. The van der Waals surface area contributed by atoms with E-state index in [1.54, 1.807) is 13.3 Å². The number of aromatic nitrogens is 1. The van der Waals surface area contributed by atoms with Gasteiger partial charge in [-0.1, -0.05) is 15.9 Å². The smallest absolute Gasteiger partial charge is 0.220 e. The summed E-state index contributed by atoms with van der Waals surface area (Å²) >= 11 is 3.25. The predicted octanol–water partition coefficient (Wildman–Crippen LogP) is 1.72. The van der Waals surface area contributed by atoms with Crippen LogP contribution in [0, 0.1) is 0 Å². The SMILES string of the molecule is COCc1ncc(CBr)o1. The first-order chi connectivity index (χ1) is 4.86. The maximum Gasteiger partial charge on any atom is 0.220 e. The Morgan fingerprint density at radius 2 is 2.60 bits per heavy atom. The topological polar surface area (TPSA) is 35.3 Å². The van der Waals surface area contributed by atoms with Crippen molar-refractivity contribution in [3.05, 3.63) is 17.8 Å². The zero-order valence-electron chi connectivity index (χ0n) is 5.63. The molecule has 1 heterocycles. The molecule has 0 aliphatic heterocycles. The number of methoxy groups -OCH3 is 1. The highest BCUT2D eigenvalue weighted by molar-refractivity contribution is 9.08. The molecule has 0 atom stereocenters. The van der Waals surface area contributed by atoms with Gasteiger partial charge in [-0.05, 0) is 0 Å². The molecule has 1 aromatic heterocycles. The predicted molar refractivity (Wildman–Crippen MR) is 39.8 cm³/mol. The van der Waals surface area contributed by atoms with Crippen LogP contribution < -0.4 is 0 Å². The summed E-state index contributed by atoms with van der Waals surface area (Å²) in [7, 11) is 1.61. The van der Waals surface area contributed by atoms with Crippen molar-refractivity contribution >= 4 is 15.9 Å². The van der Waals surface area contributed by atoms with Crippen LogP contribution in [0.25, 0.3) is 0 Å². The van der Waals surface area contributed by atoms with Crippen molar-refractivity contribution in [3.8, 4) is 0 Å². The minimum absolute atomic E-state index is 0.438. The van der Waals surface area contributed by atoms with E-state index >= 15 is 0 Å². The lowest BCUT2D eigenvalue weighted by Gasteiger charge is -1.89. The van der Waals surface area contributed by atoms with Crippen LogP contribution in [0.15, 0.2) is 10.6 Å². The number of oxazole rings is 1. The van der Waals surface area contributed by atoms with Gasteiger partial charge in [0, 0.05) is 7.11 Å². The molecule has 0 N–H and O–H groups in total. The molecule has 3 nitrogen and oxygen atoms in total. The van der Waals surface area contributed by atoms with Crippen LogP contribution in [-0.4, -0.2) is 12.1 Å². The van der Waals surface area contributed by atoms with Crippen LogP contribution in [0.3, 0.4) is 0 Å². The van der Waals surface area contributed by atoms with E-state index < -0.39 is 0 Å². The van der Waals surface area contributed by atoms with E-state index in [9.17, 15) is 0 Å². The van der Waals surface area contributed by atoms with E-state index in [0.717, 1.165) is 5.76 Å². The van der Waals surface area contributed by atoms with Crippen LogP contribution >= 0.6 is 15.9 Å². The Morgan fingerprint density at radius 1 is 1.80 bits per heavy atom. The monoisotopic (exact) mass is 205 g/mol. The molecular weight excluding hydrogens is 198 g/mol. The van der Waals surface area contributed by atoms with Crippen molar-refractivity contribution in [2.45, 2.75) is 11.9 Å². The van der Waals surface area contributed by atoms with E-state index in [0.29, 0.717) is 17.8 Å². The summed E-state index contributed by atoms with van der Waals surface area (Å²) in [5.74, 6) is 1.45. The molecule has 0 amide bonds. The van der Waals surface area contributed by atoms with Gasteiger partial charge in [-0.15, -0.1) is 0 Å². The fraction of sp³-hybridized carbons (Fsp3) is 0.500. The Hall–Kier alpha value is -0.350. The molecule has 1 aromatic rings. The van der Waals surface area contributed by atoms with Gasteiger partial charge in [0.25, 0.3) is 0 Å². The Bertz CT molecular complexity index is 199. The van der Waals surface area contributed by atoms with Gasteiger partial charge in [0.1, 0.15) is 12.4 Å². The molecule has 0 aromatic carbocycles. The molecule has 0 aliphatic carbocycles. The number of halogens is 1. The molecule has 0 aliphatic rings. The van der Waals surface area contributed by atoms with E-state index in [1.807, 2.05) is 0 Å². The number of alkyl halides is 1. The second-order valence-corrected chi connectivity index (χ2v) is 2.35. The fourth-order valence-electron chi connectivity index (χ4n) is 0.600. The molecule has 0 radical (unpaired) electrons. The largest absolute Gasteiger partial charge is 0.442 e. The van der Waals surface area contributed by atoms with Crippen molar-refractivity contribution in [1.82, 2.24) is 4.98 Å². The molecule has 4 heteroatoms. The van der Waals surface area contributed by atoms with Gasteiger partial charge in [-0.2, -0.15) is 0 Å². The average Bonchev–Trinajstić information content (AvgIpc) is 2.37. The first kappa shape index (κ1) is 7.75. The molecule has 0 fully saturated rings. The lowest BCUT2D eigenvalue weighted by atomic mass is 10.6. The van der Waals surface area contributed by atoms with Crippen LogP contribution in [0.4, 0.5) is 0 Å². The van der Waals surface area contributed by atoms with Gasteiger partial charge in [0.2, 0.25) is 5.89 Å². The lowest BCUT2D eigenvalue weighted by Crippen LogP contribution is -1.84. The number of rotatable bonds is 3. The summed E-state index contributed by atoms with van der Waals surface area (Å²) in [6.45, 7) is 0.438. The van der Waals surface area contributed by atoms with Crippen LogP contribution in [-0.2, 0) is 16.7 Å². The van der Waals surface area contributed by atoms with Gasteiger partial charge < -0.3 is 9.15 Å². The van der Waals surface area contributed by atoms with Gasteiger partial charge in [0.05, 0.1) is 11.5 Å². The van der Waals surface area contributed by atoms with Crippen molar-refractivity contribution in [2.24, 2.45) is 0 Å². The molecule has 56 valence electrons. The van der Waals surface area contributed by atoms with Crippen LogP contribution in [0.1, 0.15) is 11.7 Å². The Labute approximate surface area is 67.5 Å². The zero-order valence-corrected chi connectivity index (χ0v) is 7.22. The van der Waals surface area contributed by atoms with E-state index in [1.165, 1.54) is 0 Å². The Morgan fingerprint density at radius 3 is 3.10 bits per heavy atom. The molecule has 0 saturated carbocycles. The first-order valence-electron chi connectivity index (χ1n) is 2.85. The fourth-order valence-corrected chi connectivity index (χ4v) is 0.859. The average molecular weight is 206 g/mol. The molecule has 10 heavy (non-hydrogen) atoms. The maximum atomic E-state index is 5.19. The third kappa shape index (κ3) is 1.82. The lowest BCUT2D eigenvalue weighted by molar-refractivity contribution is 0.158. The Balaban J connectivity index is 2.59. The molecule has 1 rings (SSSR count). The molecular formula is C6H8BrNO2. The summed E-state index contributed by atoms with van der Waals surface area (Å²) in [6, 6.07) is 0. The minimum Gasteiger partial charge on any atom is -0.442 e. The number of nitrogens with zero attached hydrogens (tertiary/aromatic N) is 1. The van der Waals surface area contributed by atoms with Crippen molar-refractivity contribution < 1.29 is 9.15 Å². The van der Waals surface area contributed by atoms with Gasteiger partial charge >= 0.3 is 0 Å². The van der Waals surface area contributed by atoms with Crippen molar-refractivity contribution in [3.63, 3.8) is 0 Å². The molecule has 0 spiro atoms. The normalized spacial score (nSPS) is 10.2. The minimum atomic E-state index is 0.438. The molecule has 0 bridgehead atoms. The third-order valence-electron chi connectivity index (χ3n) is 1.00. The highest BCUT2D eigenvalue weighted by Crippen LogP contribution is 2.07. The maximum absolute atomic E-state index is 5.19. The van der Waals surface area contributed by atoms with Gasteiger partial charge in [0.15, 0.2) is 0 Å². The van der Waals surface area contributed by atoms with Crippen LogP contribution in [0.2, 0.25) is 0 Å². The molecule has 0 unspecified atom stereocenters. The second-order valence-electron chi connectivity index (χ2n) is 1.79. The highest BCUT2D eigenvalue weighted by Gasteiger charge is 1.99. The van der Waals surface area contributed by atoms with Gasteiger partial charge in [-0.3, -0.25) is 0 Å². The summed E-state index contributed by atoms with van der Waals surface area (Å²) < 4.78 is 10.0.